The zero-order valence-corrected chi connectivity index (χ0v) is 13.3. The highest BCUT2D eigenvalue weighted by atomic mass is 79.9. The van der Waals surface area contributed by atoms with E-state index in [2.05, 4.69) is 33.0 Å². The van der Waals surface area contributed by atoms with Crippen LogP contribution in [-0.4, -0.2) is 23.0 Å². The third-order valence-corrected chi connectivity index (χ3v) is 5.10. The number of nitrogens with two attached hydrogens (primary N) is 1. The van der Waals surface area contributed by atoms with E-state index in [-0.39, 0.29) is 0 Å². The van der Waals surface area contributed by atoms with Crippen molar-refractivity contribution in [3.05, 3.63) is 28.2 Å². The minimum Gasteiger partial charge on any atom is -0.389 e. The molecule has 2 rings (SSSR count). The van der Waals surface area contributed by atoms with Gasteiger partial charge < -0.3 is 11.1 Å². The van der Waals surface area contributed by atoms with E-state index in [1.807, 2.05) is 18.2 Å². The Morgan fingerprint density at radius 3 is 2.78 bits per heavy atom. The number of rotatable bonds is 4. The number of thiocarbonyl (C=S) groups is 1. The summed E-state index contributed by atoms with van der Waals surface area (Å²) in [5.41, 5.74) is 7.65. The molecule has 1 saturated heterocycles. The summed E-state index contributed by atoms with van der Waals surface area (Å²) in [6.45, 7) is 1.05. The first-order chi connectivity index (χ1) is 8.66. The van der Waals surface area contributed by atoms with Crippen molar-refractivity contribution in [2.45, 2.75) is 12.8 Å². The van der Waals surface area contributed by atoms with Gasteiger partial charge in [-0.15, -0.1) is 0 Å². The van der Waals surface area contributed by atoms with Crippen molar-refractivity contribution in [3.63, 3.8) is 0 Å². The van der Waals surface area contributed by atoms with Crippen molar-refractivity contribution >= 4 is 50.6 Å². The fourth-order valence-electron chi connectivity index (χ4n) is 2.04. The molecular formula is C13H17BrN2S2. The highest BCUT2D eigenvalue weighted by Crippen LogP contribution is 2.25. The van der Waals surface area contributed by atoms with Crippen molar-refractivity contribution in [1.29, 1.82) is 0 Å². The maximum Gasteiger partial charge on any atom is 0.105 e. The van der Waals surface area contributed by atoms with Gasteiger partial charge in [-0.1, -0.05) is 12.2 Å². The normalized spacial score (nSPS) is 16.5. The Morgan fingerprint density at radius 2 is 2.17 bits per heavy atom. The van der Waals surface area contributed by atoms with Gasteiger partial charge in [0.15, 0.2) is 0 Å². The van der Waals surface area contributed by atoms with E-state index in [0.29, 0.717) is 4.99 Å². The summed E-state index contributed by atoms with van der Waals surface area (Å²) in [7, 11) is 0. The molecule has 1 aliphatic rings. The number of nitrogens with one attached hydrogen (secondary N) is 1. The summed E-state index contributed by atoms with van der Waals surface area (Å²) in [6.07, 6.45) is 2.65. The van der Waals surface area contributed by atoms with Gasteiger partial charge in [-0.2, -0.15) is 11.8 Å². The molecule has 5 heteroatoms. The molecule has 2 nitrogen and oxygen atoms in total. The Kier molecular flexibility index (Phi) is 5.33. The zero-order chi connectivity index (χ0) is 13.0. The fraction of sp³-hybridized carbons (Fsp3) is 0.462. The molecule has 0 unspecified atom stereocenters. The molecule has 1 aromatic rings. The highest BCUT2D eigenvalue weighted by Gasteiger charge is 2.13. The topological polar surface area (TPSA) is 38.0 Å². The second kappa shape index (κ2) is 6.78. The van der Waals surface area contributed by atoms with Gasteiger partial charge in [0.25, 0.3) is 0 Å². The van der Waals surface area contributed by atoms with Crippen LogP contribution in [-0.2, 0) is 0 Å². The number of hydrogen-bond donors (Lipinski definition) is 2. The molecule has 1 aliphatic heterocycles. The molecule has 0 atom stereocenters. The van der Waals surface area contributed by atoms with Gasteiger partial charge in [0.05, 0.1) is 0 Å². The predicted octanol–water partition coefficient (Wildman–Crippen LogP) is 3.64. The summed E-state index contributed by atoms with van der Waals surface area (Å²) in [4.78, 5) is 0.428. The van der Waals surface area contributed by atoms with Crippen LogP contribution in [0.4, 0.5) is 5.69 Å². The lowest BCUT2D eigenvalue weighted by Gasteiger charge is -2.22. The standard InChI is InChI=1S/C13H17BrN2S2/c14-12-7-10(1-2-11(12)13(15)17)16-8-9-3-5-18-6-4-9/h1-2,7,9,16H,3-6,8H2,(H2,15,17). The number of thioether (sulfide) groups is 1. The molecule has 3 N–H and O–H groups in total. The minimum absolute atomic E-state index is 0.428. The molecule has 0 saturated carbocycles. The minimum atomic E-state index is 0.428. The third-order valence-electron chi connectivity index (χ3n) is 3.17. The third kappa shape index (κ3) is 3.87. The fourth-order valence-corrected chi connectivity index (χ4v) is 4.14. The van der Waals surface area contributed by atoms with Crippen LogP contribution in [0.1, 0.15) is 18.4 Å². The van der Waals surface area contributed by atoms with E-state index in [1.165, 1.54) is 24.3 Å². The van der Waals surface area contributed by atoms with Crippen LogP contribution in [0.25, 0.3) is 0 Å². The molecule has 18 heavy (non-hydrogen) atoms. The van der Waals surface area contributed by atoms with Gasteiger partial charge in [0.1, 0.15) is 4.99 Å². The van der Waals surface area contributed by atoms with Crippen molar-refractivity contribution < 1.29 is 0 Å². The summed E-state index contributed by atoms with van der Waals surface area (Å²) in [5, 5.41) is 3.50. The summed E-state index contributed by atoms with van der Waals surface area (Å²) in [5.74, 6) is 3.41. The van der Waals surface area contributed by atoms with Crippen LogP contribution >= 0.6 is 39.9 Å². The Bertz CT molecular complexity index is 431. The first-order valence-electron chi connectivity index (χ1n) is 6.08. The van der Waals surface area contributed by atoms with Crippen LogP contribution in [0, 0.1) is 5.92 Å². The molecule has 0 amide bonds. The van der Waals surface area contributed by atoms with Crippen LogP contribution in [0.3, 0.4) is 0 Å². The van der Waals surface area contributed by atoms with E-state index in [1.54, 1.807) is 0 Å². The van der Waals surface area contributed by atoms with Crippen molar-refractivity contribution in [1.82, 2.24) is 0 Å². The number of hydrogen-bond acceptors (Lipinski definition) is 3. The van der Waals surface area contributed by atoms with Gasteiger partial charge in [0, 0.05) is 22.3 Å². The average Bonchev–Trinajstić information content (AvgIpc) is 2.37. The van der Waals surface area contributed by atoms with Crippen molar-refractivity contribution in [2.24, 2.45) is 11.7 Å². The van der Waals surface area contributed by atoms with Gasteiger partial charge in [-0.25, -0.2) is 0 Å². The van der Waals surface area contributed by atoms with E-state index in [4.69, 9.17) is 18.0 Å². The predicted molar refractivity (Wildman–Crippen MR) is 88.6 cm³/mol. The Balaban J connectivity index is 1.93. The quantitative estimate of drug-likeness (QED) is 0.817. The van der Waals surface area contributed by atoms with Crippen LogP contribution < -0.4 is 11.1 Å². The first kappa shape index (κ1) is 14.2. The lowest BCUT2D eigenvalue weighted by Crippen LogP contribution is -2.19. The second-order valence-electron chi connectivity index (χ2n) is 4.50. The molecule has 1 aromatic carbocycles. The lowest BCUT2D eigenvalue weighted by atomic mass is 10.0. The zero-order valence-electron chi connectivity index (χ0n) is 10.1. The molecule has 0 bridgehead atoms. The molecule has 0 aromatic heterocycles. The van der Waals surface area contributed by atoms with Gasteiger partial charge >= 0.3 is 0 Å². The van der Waals surface area contributed by atoms with E-state index >= 15 is 0 Å². The van der Waals surface area contributed by atoms with E-state index in [9.17, 15) is 0 Å². The van der Waals surface area contributed by atoms with E-state index < -0.39 is 0 Å². The average molecular weight is 345 g/mol. The summed E-state index contributed by atoms with van der Waals surface area (Å²) in [6, 6.07) is 6.05. The van der Waals surface area contributed by atoms with Gasteiger partial charge in [0.2, 0.25) is 0 Å². The van der Waals surface area contributed by atoms with Crippen LogP contribution in [0.5, 0.6) is 0 Å². The maximum absolute atomic E-state index is 5.63. The molecular weight excluding hydrogens is 328 g/mol. The monoisotopic (exact) mass is 344 g/mol. The second-order valence-corrected chi connectivity index (χ2v) is 7.01. The Hall–Kier alpha value is -0.260. The largest absolute Gasteiger partial charge is 0.389 e. The summed E-state index contributed by atoms with van der Waals surface area (Å²) >= 11 is 10.6. The Labute approximate surface area is 126 Å². The molecule has 0 aliphatic carbocycles. The smallest absolute Gasteiger partial charge is 0.105 e. The van der Waals surface area contributed by atoms with Gasteiger partial charge in [-0.3, -0.25) is 0 Å². The molecule has 98 valence electrons. The maximum atomic E-state index is 5.63. The molecule has 0 spiro atoms. The number of halogens is 1. The number of benzene rings is 1. The Morgan fingerprint density at radius 1 is 1.44 bits per heavy atom. The summed E-state index contributed by atoms with van der Waals surface area (Å²) < 4.78 is 0.958. The number of anilines is 1. The first-order valence-corrected chi connectivity index (χ1v) is 8.43. The molecule has 0 radical (unpaired) electrons. The molecule has 1 fully saturated rings. The highest BCUT2D eigenvalue weighted by molar-refractivity contribution is 9.10. The van der Waals surface area contributed by atoms with Crippen molar-refractivity contribution in [3.8, 4) is 0 Å². The molecule has 1 heterocycles. The van der Waals surface area contributed by atoms with Gasteiger partial charge in [-0.05, 0) is 64.4 Å². The van der Waals surface area contributed by atoms with Crippen molar-refractivity contribution in [2.75, 3.05) is 23.4 Å². The van der Waals surface area contributed by atoms with Crippen LogP contribution in [0.2, 0.25) is 0 Å². The van der Waals surface area contributed by atoms with Crippen LogP contribution in [0.15, 0.2) is 22.7 Å². The SMILES string of the molecule is NC(=S)c1ccc(NCC2CCSCC2)cc1Br. The lowest BCUT2D eigenvalue weighted by molar-refractivity contribution is 0.516. The van der Waals surface area contributed by atoms with E-state index in [0.717, 1.165) is 28.2 Å².